The van der Waals surface area contributed by atoms with Crippen LogP contribution in [0.15, 0.2) is 77.1 Å². The molecule has 3 rings (SSSR count). The molecule has 0 N–H and O–H groups in total. The van der Waals surface area contributed by atoms with Gasteiger partial charge in [-0.2, -0.15) is 0 Å². The molecule has 0 saturated carbocycles. The molecule has 0 spiro atoms. The monoisotopic (exact) mass is 287 g/mol. The Morgan fingerprint density at radius 2 is 1.27 bits per heavy atom. The summed E-state index contributed by atoms with van der Waals surface area (Å²) < 4.78 is 0. The van der Waals surface area contributed by atoms with Crippen molar-refractivity contribution in [2.24, 2.45) is 9.98 Å². The molecule has 22 heavy (non-hydrogen) atoms. The number of pyridine rings is 3. The van der Waals surface area contributed by atoms with Crippen molar-refractivity contribution in [3.05, 3.63) is 78.5 Å². The first-order valence-electron chi connectivity index (χ1n) is 6.77. The van der Waals surface area contributed by atoms with Crippen LogP contribution in [-0.4, -0.2) is 27.4 Å². The standard InChI is InChI=1S/C17H13N5/c1-3-9-18-14(6-1)12-21-16-8-5-11-20-17(16)22-13-15-7-2-4-10-19-15/h1-13H/b21-12?,22-13+. The Labute approximate surface area is 128 Å². The van der Waals surface area contributed by atoms with Crippen molar-refractivity contribution in [3.8, 4) is 0 Å². The molecule has 3 aromatic heterocycles. The van der Waals surface area contributed by atoms with Crippen molar-refractivity contribution >= 4 is 23.9 Å². The second kappa shape index (κ2) is 6.99. The first-order chi connectivity index (χ1) is 10.9. The highest BCUT2D eigenvalue weighted by atomic mass is 14.9. The van der Waals surface area contributed by atoms with Gasteiger partial charge in [-0.05, 0) is 36.4 Å². The molecule has 3 aromatic rings. The van der Waals surface area contributed by atoms with Gasteiger partial charge < -0.3 is 0 Å². The maximum atomic E-state index is 4.40. The summed E-state index contributed by atoms with van der Waals surface area (Å²) in [5.74, 6) is 0.542. The van der Waals surface area contributed by atoms with Crippen molar-refractivity contribution < 1.29 is 0 Å². The molecule has 0 aliphatic rings. The van der Waals surface area contributed by atoms with Gasteiger partial charge in [-0.3, -0.25) is 15.0 Å². The molecule has 0 unspecified atom stereocenters. The van der Waals surface area contributed by atoms with Crippen LogP contribution in [0.2, 0.25) is 0 Å². The third-order valence-electron chi connectivity index (χ3n) is 2.80. The molecule has 0 amide bonds. The minimum atomic E-state index is 0.542. The van der Waals surface area contributed by atoms with Crippen LogP contribution >= 0.6 is 0 Å². The molecule has 0 fully saturated rings. The highest BCUT2D eigenvalue weighted by Crippen LogP contribution is 2.24. The van der Waals surface area contributed by atoms with Gasteiger partial charge in [-0.25, -0.2) is 9.98 Å². The van der Waals surface area contributed by atoms with E-state index in [-0.39, 0.29) is 0 Å². The molecule has 0 saturated heterocycles. The van der Waals surface area contributed by atoms with Gasteiger partial charge >= 0.3 is 0 Å². The van der Waals surface area contributed by atoms with Crippen LogP contribution in [0.5, 0.6) is 0 Å². The third-order valence-corrected chi connectivity index (χ3v) is 2.80. The minimum Gasteiger partial charge on any atom is -0.255 e. The van der Waals surface area contributed by atoms with E-state index in [4.69, 9.17) is 0 Å². The molecule has 0 aliphatic heterocycles. The van der Waals surface area contributed by atoms with E-state index in [0.29, 0.717) is 11.5 Å². The van der Waals surface area contributed by atoms with E-state index in [1.165, 1.54) is 0 Å². The van der Waals surface area contributed by atoms with Gasteiger partial charge in [0.05, 0.1) is 23.8 Å². The van der Waals surface area contributed by atoms with Gasteiger partial charge in [0, 0.05) is 18.6 Å². The molecule has 0 radical (unpaired) electrons. The predicted molar refractivity (Wildman–Crippen MR) is 87.2 cm³/mol. The van der Waals surface area contributed by atoms with Gasteiger partial charge in [0.2, 0.25) is 0 Å². The normalized spacial score (nSPS) is 11.3. The predicted octanol–water partition coefficient (Wildman–Crippen LogP) is 3.37. The summed E-state index contributed by atoms with van der Waals surface area (Å²) in [6.07, 6.45) is 8.49. The van der Waals surface area contributed by atoms with E-state index >= 15 is 0 Å². The molecular weight excluding hydrogens is 274 g/mol. The lowest BCUT2D eigenvalue weighted by atomic mass is 10.3. The van der Waals surface area contributed by atoms with Crippen LogP contribution < -0.4 is 0 Å². The minimum absolute atomic E-state index is 0.542. The summed E-state index contributed by atoms with van der Waals surface area (Å²) in [4.78, 5) is 21.4. The molecule has 106 valence electrons. The summed E-state index contributed by atoms with van der Waals surface area (Å²) in [5.41, 5.74) is 2.24. The largest absolute Gasteiger partial charge is 0.255 e. The van der Waals surface area contributed by atoms with Crippen molar-refractivity contribution in [1.29, 1.82) is 0 Å². The Morgan fingerprint density at radius 3 is 1.91 bits per heavy atom. The van der Waals surface area contributed by atoms with Gasteiger partial charge in [0.25, 0.3) is 0 Å². The van der Waals surface area contributed by atoms with E-state index in [9.17, 15) is 0 Å². The zero-order valence-corrected chi connectivity index (χ0v) is 11.7. The Balaban J connectivity index is 1.84. The van der Waals surface area contributed by atoms with Crippen molar-refractivity contribution in [1.82, 2.24) is 15.0 Å². The number of hydrogen-bond donors (Lipinski definition) is 0. The molecule has 0 bridgehead atoms. The van der Waals surface area contributed by atoms with Crippen LogP contribution in [0.25, 0.3) is 0 Å². The fourth-order valence-electron chi connectivity index (χ4n) is 1.76. The van der Waals surface area contributed by atoms with E-state index in [0.717, 1.165) is 11.4 Å². The maximum Gasteiger partial charge on any atom is 0.178 e. The zero-order valence-electron chi connectivity index (χ0n) is 11.7. The molecule has 5 heteroatoms. The average molecular weight is 287 g/mol. The Morgan fingerprint density at radius 1 is 0.636 bits per heavy atom. The molecule has 0 atom stereocenters. The van der Waals surface area contributed by atoms with Crippen molar-refractivity contribution in [2.75, 3.05) is 0 Å². The molecule has 5 nitrogen and oxygen atoms in total. The first kappa shape index (κ1) is 13.8. The molecule has 0 aliphatic carbocycles. The SMILES string of the molecule is C(=Nc1cccnc1/N=C/c1ccccn1)c1ccccn1. The number of aliphatic imine (C=N–C) groups is 2. The summed E-state index contributed by atoms with van der Waals surface area (Å²) in [6, 6.07) is 15.0. The Hall–Kier alpha value is -3.21. The topological polar surface area (TPSA) is 63.4 Å². The van der Waals surface area contributed by atoms with Crippen LogP contribution in [0, 0.1) is 0 Å². The number of hydrogen-bond acceptors (Lipinski definition) is 5. The maximum absolute atomic E-state index is 4.40. The summed E-state index contributed by atoms with van der Waals surface area (Å²) in [5, 5.41) is 0. The zero-order chi connectivity index (χ0) is 15.0. The van der Waals surface area contributed by atoms with E-state index in [2.05, 4.69) is 24.9 Å². The second-order valence-corrected chi connectivity index (χ2v) is 4.37. The first-order valence-corrected chi connectivity index (χ1v) is 6.77. The number of aromatic nitrogens is 3. The van der Waals surface area contributed by atoms with Crippen LogP contribution in [-0.2, 0) is 0 Å². The van der Waals surface area contributed by atoms with Crippen LogP contribution in [0.3, 0.4) is 0 Å². The van der Waals surface area contributed by atoms with Gasteiger partial charge in [-0.1, -0.05) is 12.1 Å². The fraction of sp³-hybridized carbons (Fsp3) is 0. The molecule has 0 aromatic carbocycles. The fourth-order valence-corrected chi connectivity index (χ4v) is 1.76. The smallest absolute Gasteiger partial charge is 0.178 e. The van der Waals surface area contributed by atoms with Crippen LogP contribution in [0.4, 0.5) is 11.5 Å². The summed E-state index contributed by atoms with van der Waals surface area (Å²) in [7, 11) is 0. The number of rotatable bonds is 4. The van der Waals surface area contributed by atoms with Crippen molar-refractivity contribution in [2.45, 2.75) is 0 Å². The Bertz CT molecular complexity index is 714. The van der Waals surface area contributed by atoms with Gasteiger partial charge in [0.15, 0.2) is 5.82 Å². The Kier molecular flexibility index (Phi) is 4.37. The summed E-state index contributed by atoms with van der Waals surface area (Å²) >= 11 is 0. The van der Waals surface area contributed by atoms with Gasteiger partial charge in [-0.15, -0.1) is 0 Å². The lowest BCUT2D eigenvalue weighted by molar-refractivity contribution is 1.25. The lowest BCUT2D eigenvalue weighted by Gasteiger charge is -1.98. The van der Waals surface area contributed by atoms with Crippen LogP contribution in [0.1, 0.15) is 11.4 Å². The highest BCUT2D eigenvalue weighted by molar-refractivity contribution is 5.83. The summed E-state index contributed by atoms with van der Waals surface area (Å²) in [6.45, 7) is 0. The van der Waals surface area contributed by atoms with E-state index in [1.807, 2.05) is 48.5 Å². The quantitative estimate of drug-likeness (QED) is 0.691. The third kappa shape index (κ3) is 3.67. The average Bonchev–Trinajstić information content (AvgIpc) is 2.61. The molecule has 3 heterocycles. The highest BCUT2D eigenvalue weighted by Gasteiger charge is 1.99. The van der Waals surface area contributed by atoms with E-state index < -0.39 is 0 Å². The second-order valence-electron chi connectivity index (χ2n) is 4.37. The lowest BCUT2D eigenvalue weighted by Crippen LogP contribution is -1.86. The van der Waals surface area contributed by atoms with E-state index in [1.54, 1.807) is 31.0 Å². The number of nitrogens with zero attached hydrogens (tertiary/aromatic N) is 5. The van der Waals surface area contributed by atoms with Crippen molar-refractivity contribution in [3.63, 3.8) is 0 Å². The molecular formula is C17H13N5. The van der Waals surface area contributed by atoms with Gasteiger partial charge in [0.1, 0.15) is 5.69 Å².